The first-order valence-electron chi connectivity index (χ1n) is 26.5. The molecule has 14 aromatic rings. The quantitative estimate of drug-likeness (QED) is 0.0906. The lowest BCUT2D eigenvalue weighted by Gasteiger charge is -2.38. The maximum atomic E-state index is 5.50. The zero-order valence-electron chi connectivity index (χ0n) is 42.3. The van der Waals surface area contributed by atoms with E-state index >= 15 is 0 Å². The minimum Gasteiger partial charge on any atom is -0.341 e. The highest BCUT2D eigenvalue weighted by Crippen LogP contribution is 2.37. The van der Waals surface area contributed by atoms with Crippen LogP contribution in [0.1, 0.15) is 0 Å². The first kappa shape index (κ1) is 46.3. The summed E-state index contributed by atoms with van der Waals surface area (Å²) in [4.78, 5) is 10.5. The molecule has 7 heteroatoms. The number of fused-ring (bicyclic) bond motifs is 6. The third kappa shape index (κ3) is 7.08. The zero-order valence-corrected chi connectivity index (χ0v) is 45.3. The maximum absolute atomic E-state index is 5.50. The van der Waals surface area contributed by atoms with Gasteiger partial charge in [0.2, 0.25) is 0 Å². The molecule has 0 aliphatic heterocycles. The van der Waals surface area contributed by atoms with Gasteiger partial charge in [-0.3, -0.25) is 4.98 Å². The van der Waals surface area contributed by atoms with E-state index < -0.39 is 24.5 Å². The number of hydrogen-bond donors (Lipinski definition) is 0. The molecule has 4 nitrogen and oxygen atoms in total. The van der Waals surface area contributed by atoms with Gasteiger partial charge < -0.3 is 8.47 Å². The molecule has 0 saturated carbocycles. The molecule has 0 N–H and O–H groups in total. The second-order valence-corrected chi connectivity index (χ2v) is 31.0. The first-order valence-corrected chi connectivity index (χ1v) is 32.4. The van der Waals surface area contributed by atoms with Crippen molar-refractivity contribution in [2.45, 2.75) is 0 Å². The van der Waals surface area contributed by atoms with Crippen molar-refractivity contribution in [3.05, 3.63) is 316 Å². The van der Waals surface area contributed by atoms with E-state index in [9.17, 15) is 0 Å². The molecule has 4 aromatic heterocycles. The summed E-state index contributed by atoms with van der Waals surface area (Å²) in [7, 11) is -9.44. The Morgan fingerprint density at radius 3 is 0.987 bits per heavy atom. The van der Waals surface area contributed by atoms with Crippen LogP contribution >= 0.6 is 0 Å². The van der Waals surface area contributed by atoms with Gasteiger partial charge in [-0.1, -0.05) is 267 Å². The lowest BCUT2D eigenvalue weighted by Crippen LogP contribution is -2.74. The van der Waals surface area contributed by atoms with Crippen LogP contribution in [0.3, 0.4) is 0 Å². The lowest BCUT2D eigenvalue weighted by molar-refractivity contribution is 1.12. The molecule has 0 radical (unpaired) electrons. The highest BCUT2D eigenvalue weighted by Gasteiger charge is 2.49. The van der Waals surface area contributed by atoms with Gasteiger partial charge in [-0.25, -0.2) is 4.98 Å². The van der Waals surface area contributed by atoms with Gasteiger partial charge in [-0.15, -0.1) is 0 Å². The number of benzene rings is 10. The summed E-state index contributed by atoms with van der Waals surface area (Å²) in [6.45, 7) is 0. The number of hydrogen-bond acceptors (Lipinski definition) is 2. The molecule has 0 amide bonds. The number of rotatable bonds is 12. The fourth-order valence-corrected chi connectivity index (χ4v) is 27.6. The summed E-state index contributed by atoms with van der Waals surface area (Å²) in [6.07, 6.45) is 6.05. The topological polar surface area (TPSA) is 35.6 Å². The summed E-state index contributed by atoms with van der Waals surface area (Å²) < 4.78 is 5.40. The summed E-state index contributed by atoms with van der Waals surface area (Å²) in [6, 6.07) is 111. The molecule has 364 valence electrons. The summed E-state index contributed by atoms with van der Waals surface area (Å²) in [5.74, 6) is 0. The Balaban J connectivity index is 1.12. The fourth-order valence-electron chi connectivity index (χ4n) is 13.1. The smallest absolute Gasteiger partial charge is 0.341 e. The predicted molar refractivity (Wildman–Crippen MR) is 330 cm³/mol. The van der Waals surface area contributed by atoms with Crippen LogP contribution < -0.4 is 51.9 Å². The van der Waals surface area contributed by atoms with Gasteiger partial charge >= 0.3 is 8.40 Å². The molecule has 0 unspecified atom stereocenters. The first-order chi connectivity index (χ1) is 38.2. The zero-order chi connectivity index (χ0) is 51.2. The van der Waals surface area contributed by atoms with Gasteiger partial charge in [0.05, 0.1) is 11.7 Å². The minimum absolute atomic E-state index is 0.949. The van der Waals surface area contributed by atoms with E-state index in [1.165, 1.54) is 62.6 Å². The van der Waals surface area contributed by atoms with Gasteiger partial charge in [0, 0.05) is 45.0 Å². The van der Waals surface area contributed by atoms with Crippen molar-refractivity contribution in [1.29, 1.82) is 0 Å². The van der Waals surface area contributed by atoms with Crippen molar-refractivity contribution >= 4 is 120 Å². The van der Waals surface area contributed by atoms with Crippen molar-refractivity contribution in [2.24, 2.45) is 0 Å². The van der Waals surface area contributed by atoms with Crippen molar-refractivity contribution in [1.82, 2.24) is 18.4 Å². The summed E-state index contributed by atoms with van der Waals surface area (Å²) >= 11 is 0. The summed E-state index contributed by atoms with van der Waals surface area (Å²) in [5.41, 5.74) is 4.32. The van der Waals surface area contributed by atoms with E-state index in [2.05, 4.69) is 312 Å². The molecule has 0 aliphatic carbocycles. The number of pyridine rings is 2. The molecule has 10 aromatic carbocycles. The Morgan fingerprint density at radius 1 is 0.247 bits per heavy atom. The van der Waals surface area contributed by atoms with Crippen molar-refractivity contribution in [3.63, 3.8) is 0 Å². The summed E-state index contributed by atoms with van der Waals surface area (Å²) in [5, 5.41) is 17.8. The molecule has 77 heavy (non-hydrogen) atoms. The van der Waals surface area contributed by atoms with Gasteiger partial charge in [0.1, 0.15) is 5.65 Å². The van der Waals surface area contributed by atoms with Crippen LogP contribution in [0, 0.1) is 0 Å². The molecule has 14 rings (SSSR count). The average Bonchev–Trinajstić information content (AvgIpc) is 4.27. The largest absolute Gasteiger partial charge is 0.341 e. The van der Waals surface area contributed by atoms with Crippen molar-refractivity contribution < 1.29 is 0 Å². The Hall–Kier alpha value is -9.25. The van der Waals surface area contributed by atoms with Gasteiger partial charge in [0.15, 0.2) is 16.1 Å². The SMILES string of the molecule is c1ccc([Si](c2ccccc2)(c2ccccc2)c2ccc3c(c2)c2ccncc2n3[Si](c2ccccc2)(c2ccccc2)n2c3ccc([Si](c4ccccc4)(c4ccccc4)c4ccccc4)cc3c3cccnc32)cc1. The third-order valence-corrected chi connectivity index (χ3v) is 30.3. The van der Waals surface area contributed by atoms with Crippen LogP contribution in [0.4, 0.5) is 0 Å². The van der Waals surface area contributed by atoms with Crippen LogP contribution in [-0.2, 0) is 0 Å². The maximum Gasteiger partial charge on any atom is 0.341 e. The van der Waals surface area contributed by atoms with Crippen molar-refractivity contribution in [3.8, 4) is 0 Å². The Morgan fingerprint density at radius 2 is 0.597 bits per heavy atom. The molecule has 0 atom stereocenters. The number of nitrogens with zero attached hydrogens (tertiary/aromatic N) is 4. The van der Waals surface area contributed by atoms with Crippen LogP contribution in [0.15, 0.2) is 316 Å². The second-order valence-electron chi connectivity index (χ2n) is 20.0. The van der Waals surface area contributed by atoms with Crippen LogP contribution in [0.25, 0.3) is 43.7 Å². The monoisotopic (exact) mass is 1030 g/mol. The minimum atomic E-state index is -3.61. The fraction of sp³-hybridized carbons (Fsp3) is 0. The van der Waals surface area contributed by atoms with Gasteiger partial charge in [0.25, 0.3) is 0 Å². The predicted octanol–water partition coefficient (Wildman–Crippen LogP) is 9.10. The van der Waals surface area contributed by atoms with E-state index in [-0.39, 0.29) is 0 Å². The van der Waals surface area contributed by atoms with E-state index in [0.29, 0.717) is 0 Å². The highest BCUT2D eigenvalue weighted by molar-refractivity contribution is 7.20. The van der Waals surface area contributed by atoms with Gasteiger partial charge in [-0.05, 0) is 82.2 Å². The van der Waals surface area contributed by atoms with Crippen molar-refractivity contribution in [2.75, 3.05) is 0 Å². The number of aromatic nitrogens is 4. The third-order valence-electron chi connectivity index (χ3n) is 16.2. The van der Waals surface area contributed by atoms with Gasteiger partial charge in [-0.2, -0.15) is 0 Å². The van der Waals surface area contributed by atoms with E-state index in [1.807, 2.05) is 12.4 Å². The molecule has 0 saturated heterocycles. The normalized spacial score (nSPS) is 12.2. The Kier molecular flexibility index (Phi) is 11.5. The molecule has 4 heterocycles. The van der Waals surface area contributed by atoms with E-state index in [1.54, 1.807) is 0 Å². The molecular formula is C70H52N4Si3. The molecular weight excluding hydrogens is 981 g/mol. The average molecular weight is 1030 g/mol. The highest BCUT2D eigenvalue weighted by atomic mass is 28.3. The van der Waals surface area contributed by atoms with Crippen LogP contribution in [0.2, 0.25) is 0 Å². The molecule has 0 aliphatic rings. The van der Waals surface area contributed by atoms with E-state index in [4.69, 9.17) is 9.97 Å². The Bertz CT molecular complexity index is 3890. The Labute approximate surface area is 451 Å². The second kappa shape index (κ2) is 19.2. The molecule has 0 spiro atoms. The standard InChI is InChI=1S/C70H52N4Si3/c1-9-26-53(27-10-1)75(54-28-11-2-12-29-54,55-30-13-3-14-31-55)61-43-45-67-65(50-61)63-47-49-71-52-69(63)73(67)77(59-38-21-7-22-39-59,60-40-23-8-24-41-60)74-68-46-44-62(51-66(68)64-42-25-48-72-70(64)74)76(56-32-15-4-16-33-56,57-34-17-5-18-35-57)58-36-19-6-20-37-58/h1-52H. The molecule has 0 bridgehead atoms. The van der Waals surface area contributed by atoms with Crippen LogP contribution in [0.5, 0.6) is 0 Å². The van der Waals surface area contributed by atoms with E-state index in [0.717, 1.165) is 33.0 Å². The molecule has 0 fully saturated rings. The lowest BCUT2D eigenvalue weighted by atomic mass is 10.2. The van der Waals surface area contributed by atoms with Crippen LogP contribution in [-0.4, -0.2) is 43.0 Å².